The number of imide groups is 1. The average Bonchev–Trinajstić information content (AvgIpc) is 2.95. The molecule has 0 bridgehead atoms. The number of esters is 1. The third-order valence-electron chi connectivity index (χ3n) is 3.99. The van der Waals surface area contributed by atoms with E-state index in [-0.39, 0.29) is 11.5 Å². The van der Waals surface area contributed by atoms with Crippen molar-refractivity contribution in [2.75, 3.05) is 13.7 Å². The predicted octanol–water partition coefficient (Wildman–Crippen LogP) is 4.89. The van der Waals surface area contributed by atoms with E-state index < -0.39 is 23.7 Å². The zero-order valence-corrected chi connectivity index (χ0v) is 18.3. The van der Waals surface area contributed by atoms with Crippen LogP contribution in [-0.4, -0.2) is 35.7 Å². The number of carbonyl (C=O) groups excluding carboxylic acids is 3. The molecule has 29 heavy (non-hydrogen) atoms. The van der Waals surface area contributed by atoms with Crippen LogP contribution in [0, 0.1) is 0 Å². The molecule has 1 aliphatic heterocycles. The van der Waals surface area contributed by atoms with Crippen LogP contribution in [0.25, 0.3) is 6.08 Å². The maximum Gasteiger partial charge on any atom is 0.325 e. The summed E-state index contributed by atoms with van der Waals surface area (Å²) in [5.41, 5.74) is 1.43. The molecule has 0 aromatic heterocycles. The maximum atomic E-state index is 12.5. The van der Waals surface area contributed by atoms with E-state index >= 15 is 0 Å². The fraction of sp³-hybridized carbons (Fsp3) is 0.150. The number of ether oxygens (including phenoxy) is 2. The van der Waals surface area contributed by atoms with Crippen LogP contribution in [0.3, 0.4) is 0 Å². The van der Waals surface area contributed by atoms with Crippen molar-refractivity contribution in [3.05, 3.63) is 68.0 Å². The van der Waals surface area contributed by atoms with Gasteiger partial charge in [0.15, 0.2) is 0 Å². The van der Waals surface area contributed by atoms with Gasteiger partial charge in [-0.2, -0.15) is 0 Å². The summed E-state index contributed by atoms with van der Waals surface area (Å²) in [7, 11) is 1.20. The summed E-state index contributed by atoms with van der Waals surface area (Å²) in [4.78, 5) is 37.1. The second-order valence-electron chi connectivity index (χ2n) is 5.91. The first-order valence-corrected chi connectivity index (χ1v) is 10.4. The van der Waals surface area contributed by atoms with Crippen LogP contribution in [0.5, 0.6) is 5.75 Å². The summed E-state index contributed by atoms with van der Waals surface area (Å²) in [6.45, 7) is -0.182. The van der Waals surface area contributed by atoms with Crippen molar-refractivity contribution in [3.8, 4) is 5.75 Å². The van der Waals surface area contributed by atoms with Crippen molar-refractivity contribution in [1.82, 2.24) is 4.90 Å². The van der Waals surface area contributed by atoms with Crippen LogP contribution in [0.15, 0.2) is 51.8 Å². The van der Waals surface area contributed by atoms with Gasteiger partial charge in [-0.25, -0.2) is 0 Å². The van der Waals surface area contributed by atoms with Gasteiger partial charge in [0.2, 0.25) is 0 Å². The minimum atomic E-state index is -0.667. The molecule has 0 spiro atoms. The normalized spacial score (nSPS) is 15.1. The highest BCUT2D eigenvalue weighted by atomic mass is 79.9. The highest BCUT2D eigenvalue weighted by Crippen LogP contribution is 2.35. The van der Waals surface area contributed by atoms with Gasteiger partial charge < -0.3 is 9.47 Å². The standard InChI is InChI=1S/C20H15BrClNO5S/c1-27-18(24)10-23-19(25)17(29-20(23)26)9-13-8-14(21)6-7-16(13)28-11-12-4-2-3-5-15(12)22/h2-9H,10-11H2,1H3/b17-9+. The van der Waals surface area contributed by atoms with Crippen molar-refractivity contribution < 1.29 is 23.9 Å². The van der Waals surface area contributed by atoms with Gasteiger partial charge in [0, 0.05) is 20.6 Å². The zero-order chi connectivity index (χ0) is 21.0. The van der Waals surface area contributed by atoms with Gasteiger partial charge in [0.05, 0.1) is 12.0 Å². The molecule has 0 atom stereocenters. The third kappa shape index (κ3) is 5.20. The Morgan fingerprint density at radius 2 is 2.00 bits per heavy atom. The highest BCUT2D eigenvalue weighted by molar-refractivity contribution is 9.10. The summed E-state index contributed by atoms with van der Waals surface area (Å²) in [5.74, 6) is -0.699. The lowest BCUT2D eigenvalue weighted by molar-refractivity contribution is -0.143. The van der Waals surface area contributed by atoms with Gasteiger partial charge in [0.25, 0.3) is 11.1 Å². The Morgan fingerprint density at radius 1 is 1.24 bits per heavy atom. The van der Waals surface area contributed by atoms with E-state index in [9.17, 15) is 14.4 Å². The van der Waals surface area contributed by atoms with E-state index in [0.717, 1.165) is 26.7 Å². The topological polar surface area (TPSA) is 72.9 Å². The van der Waals surface area contributed by atoms with E-state index in [2.05, 4.69) is 20.7 Å². The predicted molar refractivity (Wildman–Crippen MR) is 115 cm³/mol. The first kappa shape index (κ1) is 21.4. The SMILES string of the molecule is COC(=O)CN1C(=O)S/C(=C/c2cc(Br)ccc2OCc2ccccc2Cl)C1=O. The molecule has 6 nitrogen and oxygen atoms in total. The van der Waals surface area contributed by atoms with Crippen molar-refractivity contribution in [2.45, 2.75) is 6.61 Å². The Labute approximate surface area is 184 Å². The number of hydrogen-bond donors (Lipinski definition) is 0. The number of rotatable bonds is 6. The van der Waals surface area contributed by atoms with Gasteiger partial charge in [0.1, 0.15) is 18.9 Å². The molecule has 2 amide bonds. The molecule has 0 radical (unpaired) electrons. The Kier molecular flexibility index (Phi) is 7.00. The van der Waals surface area contributed by atoms with Crippen LogP contribution in [-0.2, 0) is 20.9 Å². The fourth-order valence-corrected chi connectivity index (χ4v) is 3.90. The molecule has 0 aliphatic carbocycles. The largest absolute Gasteiger partial charge is 0.488 e. The number of methoxy groups -OCH3 is 1. The molecular weight excluding hydrogens is 482 g/mol. The summed E-state index contributed by atoms with van der Waals surface area (Å²) >= 11 is 10.3. The molecule has 0 N–H and O–H groups in total. The lowest BCUT2D eigenvalue weighted by Gasteiger charge is -2.12. The van der Waals surface area contributed by atoms with Crippen molar-refractivity contribution >= 4 is 62.5 Å². The number of halogens is 2. The van der Waals surface area contributed by atoms with Crippen LogP contribution >= 0.6 is 39.3 Å². The Hall–Kier alpha value is -2.29. The smallest absolute Gasteiger partial charge is 0.325 e. The highest BCUT2D eigenvalue weighted by Gasteiger charge is 2.36. The van der Waals surface area contributed by atoms with E-state index in [4.69, 9.17) is 16.3 Å². The Bertz CT molecular complexity index is 1010. The van der Waals surface area contributed by atoms with E-state index in [1.54, 1.807) is 24.3 Å². The molecule has 1 saturated heterocycles. The molecule has 1 aliphatic rings. The van der Waals surface area contributed by atoms with E-state index in [0.29, 0.717) is 16.3 Å². The van der Waals surface area contributed by atoms with Gasteiger partial charge in [-0.3, -0.25) is 19.3 Å². The second kappa shape index (κ2) is 9.47. The molecule has 9 heteroatoms. The lowest BCUT2D eigenvalue weighted by atomic mass is 10.1. The number of carbonyl (C=O) groups is 3. The summed E-state index contributed by atoms with van der Waals surface area (Å²) < 4.78 is 11.2. The van der Waals surface area contributed by atoms with Crippen molar-refractivity contribution in [3.63, 3.8) is 0 Å². The monoisotopic (exact) mass is 495 g/mol. The van der Waals surface area contributed by atoms with Gasteiger partial charge in [-0.1, -0.05) is 45.7 Å². The Morgan fingerprint density at radius 3 is 2.72 bits per heavy atom. The molecule has 0 unspecified atom stereocenters. The van der Waals surface area contributed by atoms with Crippen LogP contribution in [0.4, 0.5) is 4.79 Å². The lowest BCUT2D eigenvalue weighted by Crippen LogP contribution is -2.34. The van der Waals surface area contributed by atoms with Gasteiger partial charge in [-0.05, 0) is 42.1 Å². The maximum absolute atomic E-state index is 12.5. The first-order valence-electron chi connectivity index (χ1n) is 8.37. The molecule has 2 aromatic rings. The molecule has 3 rings (SSSR count). The Balaban J connectivity index is 1.84. The van der Waals surface area contributed by atoms with Crippen molar-refractivity contribution in [2.24, 2.45) is 0 Å². The zero-order valence-electron chi connectivity index (χ0n) is 15.2. The average molecular weight is 497 g/mol. The second-order valence-corrected chi connectivity index (χ2v) is 8.22. The first-order chi connectivity index (χ1) is 13.9. The minimum Gasteiger partial charge on any atom is -0.488 e. The van der Waals surface area contributed by atoms with Gasteiger partial charge in [-0.15, -0.1) is 0 Å². The van der Waals surface area contributed by atoms with Crippen LogP contribution < -0.4 is 4.74 Å². The number of nitrogens with zero attached hydrogens (tertiary/aromatic N) is 1. The van der Waals surface area contributed by atoms with E-state index in [1.807, 2.05) is 24.3 Å². The van der Waals surface area contributed by atoms with Crippen LogP contribution in [0.1, 0.15) is 11.1 Å². The van der Waals surface area contributed by atoms with Crippen molar-refractivity contribution in [1.29, 1.82) is 0 Å². The summed E-state index contributed by atoms with van der Waals surface area (Å²) in [5, 5.41) is 0.0651. The molecule has 2 aromatic carbocycles. The van der Waals surface area contributed by atoms with Crippen LogP contribution in [0.2, 0.25) is 5.02 Å². The summed E-state index contributed by atoms with van der Waals surface area (Å²) in [6.07, 6.45) is 1.56. The minimum absolute atomic E-state index is 0.194. The number of thioether (sulfide) groups is 1. The number of hydrogen-bond acceptors (Lipinski definition) is 6. The molecule has 150 valence electrons. The summed E-state index contributed by atoms with van der Waals surface area (Å²) in [6, 6.07) is 12.7. The fourth-order valence-electron chi connectivity index (χ4n) is 2.51. The number of amides is 2. The number of benzene rings is 2. The molecular formula is C20H15BrClNO5S. The molecule has 0 saturated carbocycles. The van der Waals surface area contributed by atoms with Gasteiger partial charge >= 0.3 is 5.97 Å². The van der Waals surface area contributed by atoms with E-state index in [1.165, 1.54) is 7.11 Å². The third-order valence-corrected chi connectivity index (χ3v) is 5.76. The quantitative estimate of drug-likeness (QED) is 0.419. The molecule has 1 heterocycles. The molecule has 1 fully saturated rings.